The number of fused-ring (bicyclic) bond motifs is 4. The van der Waals surface area contributed by atoms with E-state index in [4.69, 9.17) is 11.6 Å². The Morgan fingerprint density at radius 2 is 1.49 bits per heavy atom. The van der Waals surface area contributed by atoms with Crippen LogP contribution in [0.15, 0.2) is 115 Å². The van der Waals surface area contributed by atoms with Crippen LogP contribution in [0.1, 0.15) is 48.3 Å². The van der Waals surface area contributed by atoms with E-state index in [9.17, 15) is 23.9 Å². The number of hydrogen-bond donors (Lipinski definition) is 2. The minimum absolute atomic E-state index is 0.0429. The van der Waals surface area contributed by atoms with E-state index in [0.717, 1.165) is 30.2 Å². The average molecular weight is 759 g/mol. The second kappa shape index (κ2) is 13.8. The first-order valence-corrected chi connectivity index (χ1v) is 19.3. The van der Waals surface area contributed by atoms with Crippen LogP contribution in [0.25, 0.3) is 0 Å². The van der Waals surface area contributed by atoms with Crippen molar-refractivity contribution in [2.24, 2.45) is 23.7 Å². The van der Waals surface area contributed by atoms with Crippen molar-refractivity contribution >= 4 is 40.9 Å². The second-order valence-corrected chi connectivity index (χ2v) is 15.9. The summed E-state index contributed by atoms with van der Waals surface area (Å²) >= 11 is 6.38. The number of phenols is 1. The van der Waals surface area contributed by atoms with Crippen molar-refractivity contribution in [2.75, 3.05) is 18.5 Å². The van der Waals surface area contributed by atoms with Crippen LogP contribution >= 0.6 is 11.6 Å². The Labute approximate surface area is 323 Å². The zero-order chi connectivity index (χ0) is 38.0. The van der Waals surface area contributed by atoms with Crippen LogP contribution < -0.4 is 5.43 Å². The molecule has 280 valence electrons. The van der Waals surface area contributed by atoms with Crippen LogP contribution in [0, 0.1) is 29.5 Å². The van der Waals surface area contributed by atoms with Gasteiger partial charge in [-0.15, -0.1) is 0 Å². The largest absolute Gasteiger partial charge is 0.508 e. The van der Waals surface area contributed by atoms with E-state index in [2.05, 4.69) is 22.5 Å². The van der Waals surface area contributed by atoms with Crippen LogP contribution in [0.5, 0.6) is 5.75 Å². The fraction of sp³-hybridized carbons (Fsp3) is 0.318. The van der Waals surface area contributed by atoms with Gasteiger partial charge in [0.2, 0.25) is 11.8 Å². The number of phenolic OH excluding ortho intramolecular Hbond substituents is 1. The van der Waals surface area contributed by atoms with Gasteiger partial charge in [0.25, 0.3) is 11.8 Å². The summed E-state index contributed by atoms with van der Waals surface area (Å²) in [5, 5.41) is 11.8. The fourth-order valence-corrected chi connectivity index (χ4v) is 10.4. The molecule has 3 heterocycles. The van der Waals surface area contributed by atoms with Gasteiger partial charge in [-0.05, 0) is 96.8 Å². The Bertz CT molecular complexity index is 2190. The number of halogens is 2. The zero-order valence-corrected chi connectivity index (χ0v) is 30.7. The summed E-state index contributed by atoms with van der Waals surface area (Å²) in [4.78, 5) is 62.9. The molecule has 0 bridgehead atoms. The van der Waals surface area contributed by atoms with Crippen molar-refractivity contribution in [1.29, 1.82) is 0 Å². The first-order valence-electron chi connectivity index (χ1n) is 18.9. The summed E-state index contributed by atoms with van der Waals surface area (Å²) in [5.74, 6) is -5.15. The van der Waals surface area contributed by atoms with Crippen LogP contribution in [-0.4, -0.2) is 62.7 Å². The van der Waals surface area contributed by atoms with Gasteiger partial charge in [-0.2, -0.15) is 5.01 Å². The molecule has 9 nitrogen and oxygen atoms in total. The van der Waals surface area contributed by atoms with E-state index in [0.29, 0.717) is 41.1 Å². The van der Waals surface area contributed by atoms with Crippen molar-refractivity contribution in [2.45, 2.75) is 49.6 Å². The number of benzene rings is 4. The highest BCUT2D eigenvalue weighted by molar-refractivity contribution is 6.30. The third-order valence-electron chi connectivity index (χ3n) is 12.7. The smallest absolute Gasteiger partial charge is 0.260 e. The number of aromatic hydroxyl groups is 1. The number of piperidine rings is 1. The molecule has 11 heteroatoms. The third kappa shape index (κ3) is 5.76. The summed E-state index contributed by atoms with van der Waals surface area (Å²) in [7, 11) is 0. The fourth-order valence-electron chi connectivity index (χ4n) is 10.3. The van der Waals surface area contributed by atoms with Gasteiger partial charge < -0.3 is 5.11 Å². The van der Waals surface area contributed by atoms with E-state index in [1.54, 1.807) is 48.5 Å². The topological polar surface area (TPSA) is 110 Å². The molecule has 0 aromatic heterocycles. The maximum atomic E-state index is 15.2. The first kappa shape index (κ1) is 35.4. The van der Waals surface area contributed by atoms with Crippen molar-refractivity contribution in [3.8, 4) is 5.75 Å². The second-order valence-electron chi connectivity index (χ2n) is 15.5. The highest BCUT2D eigenvalue weighted by Gasteiger charge is 2.70. The van der Waals surface area contributed by atoms with Crippen molar-refractivity contribution in [3.05, 3.63) is 142 Å². The molecule has 3 aliphatic heterocycles. The molecule has 0 spiro atoms. The Balaban J connectivity index is 1.10. The first-order chi connectivity index (χ1) is 26.6. The molecule has 4 aromatic rings. The molecule has 9 rings (SSSR count). The van der Waals surface area contributed by atoms with Gasteiger partial charge in [-0.1, -0.05) is 77.8 Å². The van der Waals surface area contributed by atoms with Gasteiger partial charge >= 0.3 is 0 Å². The number of allylic oxidation sites excluding steroid dienone is 2. The molecule has 55 heavy (non-hydrogen) atoms. The van der Waals surface area contributed by atoms with E-state index in [1.807, 2.05) is 24.3 Å². The van der Waals surface area contributed by atoms with Crippen LogP contribution in [0.4, 0.5) is 10.1 Å². The number of carbonyl (C=O) groups excluding carboxylic acids is 4. The molecule has 0 radical (unpaired) electrons. The lowest BCUT2D eigenvalue weighted by Crippen LogP contribution is -2.53. The molecule has 5 aliphatic rings. The number of rotatable bonds is 7. The molecule has 4 fully saturated rings. The molecule has 4 aromatic carbocycles. The van der Waals surface area contributed by atoms with E-state index in [1.165, 1.54) is 34.7 Å². The molecule has 3 saturated heterocycles. The van der Waals surface area contributed by atoms with Crippen molar-refractivity contribution in [1.82, 2.24) is 14.8 Å². The molecule has 4 amide bonds. The van der Waals surface area contributed by atoms with Gasteiger partial charge in [0.1, 0.15) is 11.6 Å². The minimum atomic E-state index is -1.47. The number of nitrogens with one attached hydrogen (secondary N) is 1. The number of nitrogens with zero attached hydrogens (tertiary/aromatic N) is 3. The predicted molar refractivity (Wildman–Crippen MR) is 204 cm³/mol. The normalized spacial score (nSPS) is 28.2. The average Bonchev–Trinajstić information content (AvgIpc) is 3.57. The highest BCUT2D eigenvalue weighted by Crippen LogP contribution is 2.64. The number of hydrazine groups is 1. The maximum Gasteiger partial charge on any atom is 0.260 e. The summed E-state index contributed by atoms with van der Waals surface area (Å²) < 4.78 is 13.9. The van der Waals surface area contributed by atoms with Crippen LogP contribution in [0.3, 0.4) is 0 Å². The van der Waals surface area contributed by atoms with Gasteiger partial charge in [0.05, 0.1) is 28.9 Å². The van der Waals surface area contributed by atoms with E-state index in [-0.39, 0.29) is 30.0 Å². The Kier molecular flexibility index (Phi) is 8.85. The minimum Gasteiger partial charge on any atom is -0.508 e. The number of likely N-dealkylation sites (tertiary alicyclic amines) is 2. The van der Waals surface area contributed by atoms with Gasteiger partial charge in [-0.3, -0.25) is 34.4 Å². The Morgan fingerprint density at radius 1 is 0.800 bits per heavy atom. The summed E-state index contributed by atoms with van der Waals surface area (Å²) in [5.41, 5.74) is 5.19. The lowest BCUT2D eigenvalue weighted by Gasteiger charge is -2.50. The van der Waals surface area contributed by atoms with Crippen molar-refractivity contribution < 1.29 is 28.7 Å². The Hall–Kier alpha value is -5.32. The standard InChI is InChI=1S/C44H40ClFN4O5/c45-29-10-8-28(9-11-29)44-37(41(53)50(43(44)55)47-31-14-12-30(46)13-15-31)24-36-34(39(44)27-6-16-33(51)17-7-27)18-19-35-38(36)42(54)49(40(35)52)32-20-22-48(23-21-32)25-26-4-2-1-3-5-26/h1-18,32,35-39,47,51H,19-25H2. The molecular formula is C44H40ClFN4O5. The molecular weight excluding hydrogens is 719 g/mol. The van der Waals surface area contributed by atoms with Crippen LogP contribution in [-0.2, 0) is 31.1 Å². The highest BCUT2D eigenvalue weighted by atomic mass is 35.5. The van der Waals surface area contributed by atoms with Gasteiger partial charge in [0, 0.05) is 36.6 Å². The lowest BCUT2D eigenvalue weighted by atomic mass is 9.49. The summed E-state index contributed by atoms with van der Waals surface area (Å²) in [6, 6.07) is 29.0. The number of imide groups is 2. The lowest BCUT2D eigenvalue weighted by molar-refractivity contribution is -0.144. The quantitative estimate of drug-likeness (QED) is 0.157. The summed E-state index contributed by atoms with van der Waals surface area (Å²) in [6.07, 6.45) is 3.90. The molecule has 2 N–H and O–H groups in total. The molecule has 2 aliphatic carbocycles. The summed E-state index contributed by atoms with van der Waals surface area (Å²) in [6.45, 7) is 2.34. The maximum absolute atomic E-state index is 15.2. The van der Waals surface area contributed by atoms with Crippen LogP contribution in [0.2, 0.25) is 5.02 Å². The SMILES string of the molecule is O=C1C2CC3C(=CCC4C(=O)N(C5CCN(Cc6ccccc6)CC5)C(=O)C43)C(c3ccc(O)cc3)C2(c2ccc(Cl)cc2)C(=O)N1Nc1ccc(F)cc1. The van der Waals surface area contributed by atoms with E-state index < -0.39 is 52.6 Å². The predicted octanol–water partition coefficient (Wildman–Crippen LogP) is 6.83. The monoisotopic (exact) mass is 758 g/mol. The van der Waals surface area contributed by atoms with Crippen molar-refractivity contribution in [3.63, 3.8) is 0 Å². The van der Waals surface area contributed by atoms with E-state index >= 15 is 4.79 Å². The number of hydrogen-bond acceptors (Lipinski definition) is 7. The zero-order valence-electron chi connectivity index (χ0n) is 30.0. The number of anilines is 1. The Morgan fingerprint density at radius 3 is 2.18 bits per heavy atom. The van der Waals surface area contributed by atoms with Gasteiger partial charge in [-0.25, -0.2) is 4.39 Å². The third-order valence-corrected chi connectivity index (χ3v) is 12.9. The molecule has 6 unspecified atom stereocenters. The number of carbonyl (C=O) groups is 4. The molecule has 1 saturated carbocycles. The van der Waals surface area contributed by atoms with Gasteiger partial charge in [0.15, 0.2) is 0 Å². The molecule has 6 atom stereocenters. The number of amides is 4.